The number of benzene rings is 1. The third kappa shape index (κ3) is 3.38. The van der Waals surface area contributed by atoms with Gasteiger partial charge in [0.25, 0.3) is 0 Å². The molecule has 0 aliphatic heterocycles. The van der Waals surface area contributed by atoms with Crippen molar-refractivity contribution in [1.82, 2.24) is 15.3 Å². The number of anilines is 1. The first-order valence-corrected chi connectivity index (χ1v) is 6.36. The standard InChI is InChI=1S/C16H18N4/c1-4-6-9-13(5-2)17-12(3)18-16-19-14-10-7-8-11-15(14)20-16/h4-11,17H,1,3H2,2H3,(H2,18,19,20)/b9-6-,13-5+. The molecule has 0 spiro atoms. The van der Waals surface area contributed by atoms with Crippen LogP contribution in [0.2, 0.25) is 0 Å². The maximum atomic E-state index is 4.43. The molecule has 0 unspecified atom stereocenters. The van der Waals surface area contributed by atoms with Gasteiger partial charge in [-0.15, -0.1) is 0 Å². The van der Waals surface area contributed by atoms with Crippen LogP contribution in [0.1, 0.15) is 6.92 Å². The van der Waals surface area contributed by atoms with Crippen molar-refractivity contribution in [2.24, 2.45) is 0 Å². The molecule has 0 aliphatic carbocycles. The Balaban J connectivity index is 2.04. The van der Waals surface area contributed by atoms with E-state index in [0.29, 0.717) is 11.8 Å². The molecule has 102 valence electrons. The predicted octanol–water partition coefficient (Wildman–Crippen LogP) is 3.68. The summed E-state index contributed by atoms with van der Waals surface area (Å²) in [5, 5.41) is 6.25. The van der Waals surface area contributed by atoms with Gasteiger partial charge in [0, 0.05) is 5.70 Å². The van der Waals surface area contributed by atoms with Crippen molar-refractivity contribution >= 4 is 17.0 Å². The van der Waals surface area contributed by atoms with Gasteiger partial charge in [-0.2, -0.15) is 0 Å². The molecule has 1 heterocycles. The molecule has 2 aromatic rings. The smallest absolute Gasteiger partial charge is 0.206 e. The van der Waals surface area contributed by atoms with Crippen LogP contribution in [0.3, 0.4) is 0 Å². The second kappa shape index (κ2) is 6.43. The molecule has 3 N–H and O–H groups in total. The summed E-state index contributed by atoms with van der Waals surface area (Å²) in [6, 6.07) is 7.86. The fraction of sp³-hybridized carbons (Fsp3) is 0.0625. The zero-order chi connectivity index (χ0) is 14.4. The number of rotatable bonds is 6. The van der Waals surface area contributed by atoms with Crippen molar-refractivity contribution in [1.29, 1.82) is 0 Å². The first-order chi connectivity index (χ1) is 9.72. The number of nitrogens with one attached hydrogen (secondary N) is 3. The SMILES string of the molecule is C=C/C=C\C(=C/C)NC(=C)Nc1nc2ccccc2[nH]1. The summed E-state index contributed by atoms with van der Waals surface area (Å²) in [4.78, 5) is 7.61. The van der Waals surface area contributed by atoms with E-state index in [1.54, 1.807) is 6.08 Å². The molecule has 1 aromatic heterocycles. The Bertz CT molecular complexity index is 644. The Morgan fingerprint density at radius 1 is 1.35 bits per heavy atom. The van der Waals surface area contributed by atoms with E-state index >= 15 is 0 Å². The lowest BCUT2D eigenvalue weighted by molar-refractivity contribution is 1.00. The molecule has 20 heavy (non-hydrogen) atoms. The third-order valence-corrected chi connectivity index (χ3v) is 2.68. The number of imidazole rings is 1. The normalized spacial score (nSPS) is 11.8. The van der Waals surface area contributed by atoms with Gasteiger partial charge in [-0.05, 0) is 25.1 Å². The topological polar surface area (TPSA) is 52.7 Å². The maximum absolute atomic E-state index is 4.43. The minimum Gasteiger partial charge on any atom is -0.343 e. The minimum absolute atomic E-state index is 0.644. The Morgan fingerprint density at radius 3 is 2.85 bits per heavy atom. The lowest BCUT2D eigenvalue weighted by Crippen LogP contribution is -2.17. The van der Waals surface area contributed by atoms with Crippen LogP contribution in [-0.2, 0) is 0 Å². The fourth-order valence-electron chi connectivity index (χ4n) is 1.74. The average molecular weight is 266 g/mol. The molecule has 4 heteroatoms. The summed E-state index contributed by atoms with van der Waals surface area (Å²) in [5.74, 6) is 1.30. The van der Waals surface area contributed by atoms with Gasteiger partial charge in [0.1, 0.15) is 5.82 Å². The van der Waals surface area contributed by atoms with Crippen molar-refractivity contribution in [3.63, 3.8) is 0 Å². The first-order valence-electron chi connectivity index (χ1n) is 6.36. The maximum Gasteiger partial charge on any atom is 0.206 e. The summed E-state index contributed by atoms with van der Waals surface area (Å²) >= 11 is 0. The lowest BCUT2D eigenvalue weighted by Gasteiger charge is -2.10. The summed E-state index contributed by atoms with van der Waals surface area (Å²) in [6.07, 6.45) is 7.45. The Labute approximate surface area is 118 Å². The molecule has 4 nitrogen and oxygen atoms in total. The number of hydrogen-bond acceptors (Lipinski definition) is 3. The number of allylic oxidation sites excluding steroid dienone is 4. The molecular weight excluding hydrogens is 248 g/mol. The van der Waals surface area contributed by atoms with Gasteiger partial charge < -0.3 is 15.6 Å². The third-order valence-electron chi connectivity index (χ3n) is 2.68. The highest BCUT2D eigenvalue weighted by Crippen LogP contribution is 2.14. The highest BCUT2D eigenvalue weighted by atomic mass is 15.2. The number of H-pyrrole nitrogens is 1. The molecule has 0 saturated heterocycles. The predicted molar refractivity (Wildman–Crippen MR) is 85.1 cm³/mol. The van der Waals surface area contributed by atoms with E-state index in [2.05, 4.69) is 33.8 Å². The van der Waals surface area contributed by atoms with Crippen LogP contribution < -0.4 is 10.6 Å². The van der Waals surface area contributed by atoms with Crippen molar-refractivity contribution in [2.75, 3.05) is 5.32 Å². The van der Waals surface area contributed by atoms with Crippen molar-refractivity contribution < 1.29 is 0 Å². The fourth-order valence-corrected chi connectivity index (χ4v) is 1.74. The number of fused-ring (bicyclic) bond motifs is 1. The number of para-hydroxylation sites is 2. The molecule has 0 atom stereocenters. The molecule has 0 bridgehead atoms. The molecule has 0 amide bonds. The van der Waals surface area contributed by atoms with E-state index in [-0.39, 0.29) is 0 Å². The molecule has 0 fully saturated rings. The van der Waals surface area contributed by atoms with Gasteiger partial charge >= 0.3 is 0 Å². The molecule has 1 aromatic carbocycles. The van der Waals surface area contributed by atoms with Crippen molar-refractivity contribution in [3.05, 3.63) is 73.2 Å². The second-order valence-electron chi connectivity index (χ2n) is 4.17. The zero-order valence-corrected chi connectivity index (χ0v) is 11.5. The summed E-state index contributed by atoms with van der Waals surface area (Å²) in [6.45, 7) is 9.53. The van der Waals surface area contributed by atoms with E-state index in [4.69, 9.17) is 0 Å². The summed E-state index contributed by atoms with van der Waals surface area (Å²) in [5.41, 5.74) is 2.83. The largest absolute Gasteiger partial charge is 0.343 e. The number of aromatic amines is 1. The molecule has 0 radical (unpaired) electrons. The van der Waals surface area contributed by atoms with Crippen LogP contribution in [0.5, 0.6) is 0 Å². The molecule has 0 aliphatic rings. The van der Waals surface area contributed by atoms with Crippen LogP contribution >= 0.6 is 0 Å². The Morgan fingerprint density at radius 2 is 2.15 bits per heavy atom. The van der Waals surface area contributed by atoms with Gasteiger partial charge in [0.15, 0.2) is 0 Å². The molecular formula is C16H18N4. The number of aromatic nitrogens is 2. The summed E-state index contributed by atoms with van der Waals surface area (Å²) in [7, 11) is 0. The summed E-state index contributed by atoms with van der Waals surface area (Å²) < 4.78 is 0. The van der Waals surface area contributed by atoms with E-state index in [0.717, 1.165) is 16.7 Å². The monoisotopic (exact) mass is 266 g/mol. The van der Waals surface area contributed by atoms with Crippen LogP contribution in [0, 0.1) is 0 Å². The lowest BCUT2D eigenvalue weighted by atomic mass is 10.3. The van der Waals surface area contributed by atoms with Crippen LogP contribution in [0.4, 0.5) is 5.95 Å². The van der Waals surface area contributed by atoms with Gasteiger partial charge in [0.2, 0.25) is 5.95 Å². The van der Waals surface area contributed by atoms with Gasteiger partial charge in [-0.3, -0.25) is 0 Å². The Hall–Kier alpha value is -2.75. The van der Waals surface area contributed by atoms with E-state index in [1.807, 2.05) is 49.4 Å². The van der Waals surface area contributed by atoms with E-state index < -0.39 is 0 Å². The Kier molecular flexibility index (Phi) is 4.39. The number of nitrogens with zero attached hydrogens (tertiary/aromatic N) is 1. The van der Waals surface area contributed by atoms with Crippen LogP contribution in [-0.4, -0.2) is 9.97 Å². The van der Waals surface area contributed by atoms with Gasteiger partial charge in [0.05, 0.1) is 11.0 Å². The van der Waals surface area contributed by atoms with E-state index in [9.17, 15) is 0 Å². The molecule has 2 rings (SSSR count). The van der Waals surface area contributed by atoms with Crippen molar-refractivity contribution in [3.8, 4) is 0 Å². The van der Waals surface area contributed by atoms with Crippen LogP contribution in [0.25, 0.3) is 11.0 Å². The minimum atomic E-state index is 0.644. The number of hydrogen-bond donors (Lipinski definition) is 3. The average Bonchev–Trinajstić information content (AvgIpc) is 2.85. The van der Waals surface area contributed by atoms with E-state index in [1.165, 1.54) is 0 Å². The first kappa shape index (κ1) is 13.7. The highest BCUT2D eigenvalue weighted by molar-refractivity contribution is 5.77. The second-order valence-corrected chi connectivity index (χ2v) is 4.17. The van der Waals surface area contributed by atoms with Crippen LogP contribution in [0.15, 0.2) is 73.2 Å². The molecule has 0 saturated carbocycles. The zero-order valence-electron chi connectivity index (χ0n) is 11.5. The van der Waals surface area contributed by atoms with Crippen molar-refractivity contribution in [2.45, 2.75) is 6.92 Å². The van der Waals surface area contributed by atoms with Gasteiger partial charge in [-0.1, -0.05) is 43.5 Å². The van der Waals surface area contributed by atoms with Gasteiger partial charge in [-0.25, -0.2) is 4.98 Å². The quantitative estimate of drug-likeness (QED) is 0.699. The highest BCUT2D eigenvalue weighted by Gasteiger charge is 2.02.